The van der Waals surface area contributed by atoms with Crippen LogP contribution in [0.1, 0.15) is 43.5 Å². The Hall–Kier alpha value is -2.32. The zero-order valence-electron chi connectivity index (χ0n) is 15.9. The second kappa shape index (κ2) is 7.13. The SMILES string of the molecule is FC(F)(F)c1ccccc1-c1cc(Br)c2nc(C3=CC4(CCCCC4)ON3)[nH]c2c1. The van der Waals surface area contributed by atoms with Crippen LogP contribution in [0.25, 0.3) is 27.9 Å². The van der Waals surface area contributed by atoms with Crippen LogP contribution in [0.15, 0.2) is 46.9 Å². The van der Waals surface area contributed by atoms with Gasteiger partial charge in [-0.3, -0.25) is 10.3 Å². The van der Waals surface area contributed by atoms with Crippen LogP contribution in [0.5, 0.6) is 0 Å². The summed E-state index contributed by atoms with van der Waals surface area (Å²) in [6, 6.07) is 8.96. The van der Waals surface area contributed by atoms with Gasteiger partial charge in [0, 0.05) is 4.47 Å². The van der Waals surface area contributed by atoms with Crippen LogP contribution in [0, 0.1) is 0 Å². The van der Waals surface area contributed by atoms with Gasteiger partial charge in [0.05, 0.1) is 11.1 Å². The highest BCUT2D eigenvalue weighted by atomic mass is 79.9. The molecular formula is C22H19BrF3N3O. The van der Waals surface area contributed by atoms with Crippen molar-refractivity contribution in [1.82, 2.24) is 15.4 Å². The minimum atomic E-state index is -4.43. The second-order valence-electron chi connectivity index (χ2n) is 7.87. The highest BCUT2D eigenvalue weighted by Gasteiger charge is 2.37. The third-order valence-corrected chi connectivity index (χ3v) is 6.41. The van der Waals surface area contributed by atoms with Crippen molar-refractivity contribution in [1.29, 1.82) is 0 Å². The van der Waals surface area contributed by atoms with Crippen LogP contribution in [-0.4, -0.2) is 15.6 Å². The largest absolute Gasteiger partial charge is 0.417 e. The van der Waals surface area contributed by atoms with Gasteiger partial charge in [-0.1, -0.05) is 37.5 Å². The maximum atomic E-state index is 13.5. The van der Waals surface area contributed by atoms with E-state index in [0.29, 0.717) is 26.9 Å². The molecular weight excluding hydrogens is 459 g/mol. The minimum absolute atomic E-state index is 0.131. The molecule has 1 fully saturated rings. The molecule has 5 rings (SSSR count). The van der Waals surface area contributed by atoms with Crippen molar-refractivity contribution in [2.45, 2.75) is 43.9 Å². The third-order valence-electron chi connectivity index (χ3n) is 5.81. The molecule has 1 aliphatic heterocycles. The monoisotopic (exact) mass is 477 g/mol. The molecule has 1 spiro atoms. The smallest absolute Gasteiger partial charge is 0.337 e. The number of fused-ring (bicyclic) bond motifs is 1. The van der Waals surface area contributed by atoms with Crippen molar-refractivity contribution >= 4 is 32.7 Å². The summed E-state index contributed by atoms with van der Waals surface area (Å²) in [6.07, 6.45) is 3.04. The first-order valence-electron chi connectivity index (χ1n) is 9.88. The molecule has 156 valence electrons. The topological polar surface area (TPSA) is 49.9 Å². The molecule has 1 aromatic heterocycles. The molecule has 8 heteroatoms. The van der Waals surface area contributed by atoms with Gasteiger partial charge in [0.15, 0.2) is 5.82 Å². The van der Waals surface area contributed by atoms with Crippen molar-refractivity contribution in [3.8, 4) is 11.1 Å². The van der Waals surface area contributed by atoms with Gasteiger partial charge in [0.25, 0.3) is 0 Å². The number of halogens is 4. The number of rotatable bonds is 2. The lowest BCUT2D eigenvalue weighted by atomic mass is 9.84. The molecule has 0 atom stereocenters. The Morgan fingerprint density at radius 1 is 1.07 bits per heavy atom. The molecule has 3 aromatic rings. The van der Waals surface area contributed by atoms with Crippen LogP contribution in [0.2, 0.25) is 0 Å². The average molecular weight is 478 g/mol. The number of hydrogen-bond donors (Lipinski definition) is 2. The fourth-order valence-electron chi connectivity index (χ4n) is 4.33. The van der Waals surface area contributed by atoms with E-state index in [1.807, 2.05) is 0 Å². The van der Waals surface area contributed by atoms with Crippen molar-refractivity contribution < 1.29 is 18.0 Å². The van der Waals surface area contributed by atoms with E-state index in [1.165, 1.54) is 18.6 Å². The summed E-state index contributed by atoms with van der Waals surface area (Å²) in [4.78, 5) is 13.8. The summed E-state index contributed by atoms with van der Waals surface area (Å²) < 4.78 is 41.0. The molecule has 30 heavy (non-hydrogen) atoms. The first kappa shape index (κ1) is 19.6. The summed E-state index contributed by atoms with van der Waals surface area (Å²) >= 11 is 3.48. The number of hydrogen-bond acceptors (Lipinski definition) is 3. The van der Waals surface area contributed by atoms with Gasteiger partial charge in [-0.25, -0.2) is 4.98 Å². The van der Waals surface area contributed by atoms with Crippen LogP contribution >= 0.6 is 15.9 Å². The van der Waals surface area contributed by atoms with Crippen molar-refractivity contribution in [2.75, 3.05) is 0 Å². The van der Waals surface area contributed by atoms with Gasteiger partial charge < -0.3 is 4.98 Å². The molecule has 1 aliphatic carbocycles. The number of H-pyrrole nitrogens is 1. The van der Waals surface area contributed by atoms with Crippen LogP contribution in [0.3, 0.4) is 0 Å². The highest BCUT2D eigenvalue weighted by Crippen LogP contribution is 2.40. The predicted molar refractivity (Wildman–Crippen MR) is 112 cm³/mol. The van der Waals surface area contributed by atoms with Crippen molar-refractivity contribution in [3.63, 3.8) is 0 Å². The molecule has 2 aliphatic rings. The molecule has 0 radical (unpaired) electrons. The Labute approximate surface area is 179 Å². The van der Waals surface area contributed by atoms with Crippen molar-refractivity contribution in [3.05, 3.63) is 58.3 Å². The summed E-state index contributed by atoms with van der Waals surface area (Å²) in [5, 5.41) is 0. The van der Waals surface area contributed by atoms with E-state index in [2.05, 4.69) is 37.5 Å². The number of nitrogens with zero attached hydrogens (tertiary/aromatic N) is 1. The number of benzene rings is 2. The lowest BCUT2D eigenvalue weighted by Gasteiger charge is -2.29. The minimum Gasteiger partial charge on any atom is -0.337 e. The summed E-state index contributed by atoms with van der Waals surface area (Å²) in [7, 11) is 0. The number of aromatic nitrogens is 2. The molecule has 0 amide bonds. The van der Waals surface area contributed by atoms with E-state index in [4.69, 9.17) is 4.84 Å². The summed E-state index contributed by atoms with van der Waals surface area (Å²) in [6.45, 7) is 0. The first-order valence-corrected chi connectivity index (χ1v) is 10.7. The maximum absolute atomic E-state index is 13.5. The molecule has 2 heterocycles. The number of imidazole rings is 1. The molecule has 1 saturated carbocycles. The van der Waals surface area contributed by atoms with Crippen LogP contribution < -0.4 is 5.48 Å². The van der Waals surface area contributed by atoms with E-state index in [1.54, 1.807) is 18.2 Å². The Morgan fingerprint density at radius 2 is 1.83 bits per heavy atom. The summed E-state index contributed by atoms with van der Waals surface area (Å²) in [5.74, 6) is 0.606. The normalized spacial score (nSPS) is 18.6. The third kappa shape index (κ3) is 3.41. The number of hydroxylamine groups is 1. The Kier molecular flexibility index (Phi) is 4.67. The lowest BCUT2D eigenvalue weighted by Crippen LogP contribution is -2.31. The molecule has 0 unspecified atom stereocenters. The van der Waals surface area contributed by atoms with Gasteiger partial charge in [0.1, 0.15) is 16.8 Å². The molecule has 0 bridgehead atoms. The summed E-state index contributed by atoms with van der Waals surface area (Å²) in [5.41, 5.74) is 4.70. The van der Waals surface area contributed by atoms with E-state index in [9.17, 15) is 13.2 Å². The van der Waals surface area contributed by atoms with E-state index >= 15 is 0 Å². The van der Waals surface area contributed by atoms with E-state index in [-0.39, 0.29) is 11.2 Å². The standard InChI is InChI=1S/C22H19BrF3N3O/c23-16-10-13(14-6-2-3-7-15(14)22(24,25)26)11-17-19(16)28-20(27-17)18-12-21(30-29-18)8-4-1-5-9-21/h2-3,6-7,10-12,29H,1,4-5,8-9H2,(H,27,28). The van der Waals surface area contributed by atoms with Gasteiger partial charge in [-0.2, -0.15) is 13.2 Å². The Morgan fingerprint density at radius 3 is 2.60 bits per heavy atom. The Balaban J connectivity index is 1.56. The second-order valence-corrected chi connectivity index (χ2v) is 8.72. The lowest BCUT2D eigenvalue weighted by molar-refractivity contribution is -0.137. The number of aromatic amines is 1. The average Bonchev–Trinajstić information content (AvgIpc) is 3.33. The fourth-order valence-corrected chi connectivity index (χ4v) is 4.88. The zero-order valence-corrected chi connectivity index (χ0v) is 17.5. The molecule has 0 saturated heterocycles. The van der Waals surface area contributed by atoms with Crippen LogP contribution in [-0.2, 0) is 11.0 Å². The van der Waals surface area contributed by atoms with Gasteiger partial charge in [-0.15, -0.1) is 0 Å². The number of nitrogens with one attached hydrogen (secondary N) is 2. The quantitative estimate of drug-likeness (QED) is 0.437. The number of alkyl halides is 3. The zero-order chi connectivity index (χ0) is 20.9. The van der Waals surface area contributed by atoms with Gasteiger partial charge in [-0.05, 0) is 64.2 Å². The van der Waals surface area contributed by atoms with Gasteiger partial charge in [0.2, 0.25) is 0 Å². The fraction of sp³-hybridized carbons (Fsp3) is 0.318. The Bertz CT molecular complexity index is 1150. The van der Waals surface area contributed by atoms with Gasteiger partial charge >= 0.3 is 6.18 Å². The van der Waals surface area contributed by atoms with Crippen molar-refractivity contribution in [2.24, 2.45) is 0 Å². The molecule has 2 aromatic carbocycles. The molecule has 4 nitrogen and oxygen atoms in total. The highest BCUT2D eigenvalue weighted by molar-refractivity contribution is 9.10. The maximum Gasteiger partial charge on any atom is 0.417 e. The van der Waals surface area contributed by atoms with Crippen LogP contribution in [0.4, 0.5) is 13.2 Å². The van der Waals surface area contributed by atoms with E-state index in [0.717, 1.165) is 37.4 Å². The first-order chi connectivity index (χ1) is 14.3. The van der Waals surface area contributed by atoms with E-state index < -0.39 is 11.7 Å². The predicted octanol–water partition coefficient (Wildman–Crippen LogP) is 6.59. The molecule has 2 N–H and O–H groups in total.